The Kier molecular flexibility index (Phi) is 5.96. The van der Waals surface area contributed by atoms with Gasteiger partial charge in [-0.25, -0.2) is 0 Å². The molecular formula is C15H24N2O2. The summed E-state index contributed by atoms with van der Waals surface area (Å²) in [6.45, 7) is 7.26. The van der Waals surface area contributed by atoms with Crippen LogP contribution in [0, 0.1) is 5.41 Å². The van der Waals surface area contributed by atoms with Gasteiger partial charge in [-0.1, -0.05) is 26.8 Å². The number of rotatable bonds is 6. The number of aliphatic hydroxyl groups excluding tert-OH is 1. The van der Waals surface area contributed by atoms with Gasteiger partial charge in [0.15, 0.2) is 0 Å². The first-order valence-electron chi connectivity index (χ1n) is 6.76. The molecule has 0 aliphatic rings. The lowest BCUT2D eigenvalue weighted by molar-refractivity contribution is 0.0947. The van der Waals surface area contributed by atoms with E-state index in [1.165, 1.54) is 0 Å². The van der Waals surface area contributed by atoms with E-state index in [9.17, 15) is 4.79 Å². The van der Waals surface area contributed by atoms with Crippen LogP contribution in [0.15, 0.2) is 18.3 Å². The second-order valence-corrected chi connectivity index (χ2v) is 5.98. The second kappa shape index (κ2) is 7.24. The first kappa shape index (κ1) is 15.6. The second-order valence-electron chi connectivity index (χ2n) is 5.98. The quantitative estimate of drug-likeness (QED) is 0.774. The van der Waals surface area contributed by atoms with Crippen molar-refractivity contribution < 1.29 is 9.90 Å². The average Bonchev–Trinajstić information content (AvgIpc) is 2.33. The van der Waals surface area contributed by atoms with E-state index in [-0.39, 0.29) is 17.9 Å². The lowest BCUT2D eigenvalue weighted by Gasteiger charge is -2.17. The molecule has 19 heavy (non-hydrogen) atoms. The molecule has 0 atom stereocenters. The van der Waals surface area contributed by atoms with Gasteiger partial charge in [-0.05, 0) is 36.3 Å². The summed E-state index contributed by atoms with van der Waals surface area (Å²) in [6, 6.07) is 3.73. The average molecular weight is 264 g/mol. The molecule has 1 aromatic heterocycles. The molecule has 1 heterocycles. The van der Waals surface area contributed by atoms with Gasteiger partial charge in [-0.2, -0.15) is 0 Å². The van der Waals surface area contributed by atoms with Crippen LogP contribution in [0.4, 0.5) is 0 Å². The first-order chi connectivity index (χ1) is 8.92. The molecule has 1 aromatic rings. The van der Waals surface area contributed by atoms with Gasteiger partial charge in [0, 0.05) is 19.3 Å². The fourth-order valence-electron chi connectivity index (χ4n) is 1.81. The van der Waals surface area contributed by atoms with E-state index in [0.717, 1.165) is 18.4 Å². The van der Waals surface area contributed by atoms with E-state index >= 15 is 0 Å². The summed E-state index contributed by atoms with van der Waals surface area (Å²) in [6.07, 6.45) is 4.20. The van der Waals surface area contributed by atoms with Crippen molar-refractivity contribution in [2.75, 3.05) is 13.2 Å². The maximum Gasteiger partial charge on any atom is 0.269 e. The number of nitrogens with one attached hydrogen (secondary N) is 1. The van der Waals surface area contributed by atoms with Gasteiger partial charge in [0.1, 0.15) is 5.69 Å². The summed E-state index contributed by atoms with van der Waals surface area (Å²) in [5.41, 5.74) is 1.81. The number of nitrogens with zero attached hydrogens (tertiary/aromatic N) is 1. The van der Waals surface area contributed by atoms with Gasteiger partial charge in [-0.3, -0.25) is 9.78 Å². The molecule has 2 N–H and O–H groups in total. The molecular weight excluding hydrogens is 240 g/mol. The molecule has 0 aliphatic carbocycles. The van der Waals surface area contributed by atoms with Crippen LogP contribution < -0.4 is 5.32 Å². The molecule has 0 aromatic carbocycles. The van der Waals surface area contributed by atoms with Gasteiger partial charge >= 0.3 is 0 Å². The van der Waals surface area contributed by atoms with Crippen molar-refractivity contribution in [2.45, 2.75) is 40.0 Å². The van der Waals surface area contributed by atoms with Crippen LogP contribution in [0.2, 0.25) is 0 Å². The summed E-state index contributed by atoms with van der Waals surface area (Å²) in [5.74, 6) is -0.153. The van der Waals surface area contributed by atoms with Gasteiger partial charge in [0.25, 0.3) is 5.91 Å². The van der Waals surface area contributed by atoms with Crippen LogP contribution in [0.3, 0.4) is 0 Å². The number of aromatic nitrogens is 1. The topological polar surface area (TPSA) is 62.2 Å². The zero-order chi connectivity index (χ0) is 14.3. The fraction of sp³-hybridized carbons (Fsp3) is 0.600. The minimum atomic E-state index is -0.153. The highest BCUT2D eigenvalue weighted by molar-refractivity contribution is 5.92. The van der Waals surface area contributed by atoms with E-state index < -0.39 is 0 Å². The number of pyridine rings is 1. The van der Waals surface area contributed by atoms with E-state index in [1.807, 2.05) is 6.07 Å². The smallest absolute Gasteiger partial charge is 0.269 e. The standard InChI is InChI=1S/C15H24N2O2/c1-15(2,3)10-12-6-7-13(17-11-12)14(19)16-8-4-5-9-18/h6-7,11,18H,4-5,8-10H2,1-3H3,(H,16,19). The molecule has 0 aliphatic heterocycles. The van der Waals surface area contributed by atoms with Crippen molar-refractivity contribution in [1.29, 1.82) is 0 Å². The van der Waals surface area contributed by atoms with Crippen LogP contribution in [0.5, 0.6) is 0 Å². The maximum absolute atomic E-state index is 11.8. The van der Waals surface area contributed by atoms with Crippen molar-refractivity contribution in [2.24, 2.45) is 5.41 Å². The molecule has 0 unspecified atom stereocenters. The molecule has 0 spiro atoms. The number of unbranched alkanes of at least 4 members (excludes halogenated alkanes) is 1. The number of amides is 1. The predicted octanol–water partition coefficient (Wildman–Crippen LogP) is 2.17. The van der Waals surface area contributed by atoms with Crippen molar-refractivity contribution in [3.8, 4) is 0 Å². The van der Waals surface area contributed by atoms with E-state index in [4.69, 9.17) is 5.11 Å². The van der Waals surface area contributed by atoms with Gasteiger partial charge in [-0.15, -0.1) is 0 Å². The molecule has 4 heteroatoms. The van der Waals surface area contributed by atoms with E-state index in [1.54, 1.807) is 12.3 Å². The Morgan fingerprint density at radius 2 is 2.05 bits per heavy atom. The lowest BCUT2D eigenvalue weighted by atomic mass is 9.89. The highest BCUT2D eigenvalue weighted by Gasteiger charge is 2.12. The highest BCUT2D eigenvalue weighted by atomic mass is 16.2. The Hall–Kier alpha value is -1.42. The first-order valence-corrected chi connectivity index (χ1v) is 6.76. The van der Waals surface area contributed by atoms with Crippen LogP contribution >= 0.6 is 0 Å². The molecule has 0 radical (unpaired) electrons. The predicted molar refractivity (Wildman–Crippen MR) is 76.0 cm³/mol. The highest BCUT2D eigenvalue weighted by Crippen LogP contribution is 2.19. The third-order valence-corrected chi connectivity index (χ3v) is 2.66. The Balaban J connectivity index is 2.49. The van der Waals surface area contributed by atoms with Crippen LogP contribution in [-0.2, 0) is 6.42 Å². The summed E-state index contributed by atoms with van der Waals surface area (Å²) < 4.78 is 0. The number of carbonyl (C=O) groups is 1. The van der Waals surface area contributed by atoms with Crippen LogP contribution in [0.25, 0.3) is 0 Å². The van der Waals surface area contributed by atoms with Crippen molar-refractivity contribution >= 4 is 5.91 Å². The summed E-state index contributed by atoms with van der Waals surface area (Å²) in [5, 5.41) is 11.4. The Morgan fingerprint density at radius 1 is 1.32 bits per heavy atom. The van der Waals surface area contributed by atoms with E-state index in [0.29, 0.717) is 18.7 Å². The summed E-state index contributed by atoms with van der Waals surface area (Å²) in [4.78, 5) is 16.0. The van der Waals surface area contributed by atoms with Crippen molar-refractivity contribution in [3.05, 3.63) is 29.6 Å². The monoisotopic (exact) mass is 264 g/mol. The number of hydrogen-bond donors (Lipinski definition) is 2. The van der Waals surface area contributed by atoms with Crippen molar-refractivity contribution in [3.63, 3.8) is 0 Å². The minimum absolute atomic E-state index is 0.153. The summed E-state index contributed by atoms with van der Waals surface area (Å²) in [7, 11) is 0. The molecule has 0 saturated heterocycles. The summed E-state index contributed by atoms with van der Waals surface area (Å²) >= 11 is 0. The third-order valence-electron chi connectivity index (χ3n) is 2.66. The van der Waals surface area contributed by atoms with Crippen molar-refractivity contribution in [1.82, 2.24) is 10.3 Å². The third kappa shape index (κ3) is 6.34. The molecule has 106 valence electrons. The van der Waals surface area contributed by atoms with Crippen LogP contribution in [-0.4, -0.2) is 29.1 Å². The Labute approximate surface area is 115 Å². The largest absolute Gasteiger partial charge is 0.396 e. The van der Waals surface area contributed by atoms with Gasteiger partial charge in [0.05, 0.1) is 0 Å². The number of aliphatic hydroxyl groups is 1. The molecule has 1 rings (SSSR count). The zero-order valence-corrected chi connectivity index (χ0v) is 12.1. The SMILES string of the molecule is CC(C)(C)Cc1ccc(C(=O)NCCCCO)nc1. The Morgan fingerprint density at radius 3 is 2.58 bits per heavy atom. The minimum Gasteiger partial charge on any atom is -0.396 e. The zero-order valence-electron chi connectivity index (χ0n) is 12.1. The molecule has 0 bridgehead atoms. The normalized spacial score (nSPS) is 11.4. The maximum atomic E-state index is 11.8. The molecule has 4 nitrogen and oxygen atoms in total. The van der Waals surface area contributed by atoms with Crippen LogP contribution in [0.1, 0.15) is 49.7 Å². The molecule has 0 fully saturated rings. The Bertz CT molecular complexity index is 394. The van der Waals surface area contributed by atoms with Gasteiger partial charge in [0.2, 0.25) is 0 Å². The van der Waals surface area contributed by atoms with E-state index in [2.05, 4.69) is 31.1 Å². The molecule has 0 saturated carbocycles. The molecule has 1 amide bonds. The number of carbonyl (C=O) groups excluding carboxylic acids is 1. The van der Waals surface area contributed by atoms with Gasteiger partial charge < -0.3 is 10.4 Å². The number of hydrogen-bond acceptors (Lipinski definition) is 3. The lowest BCUT2D eigenvalue weighted by Crippen LogP contribution is -2.25. The fourth-order valence-corrected chi connectivity index (χ4v) is 1.81.